The fourth-order valence-corrected chi connectivity index (χ4v) is 3.04. The van der Waals surface area contributed by atoms with Crippen LogP contribution in [0.4, 0.5) is 5.69 Å². The van der Waals surface area contributed by atoms with E-state index in [1.165, 1.54) is 11.3 Å². The molecule has 1 aliphatic rings. The molecule has 4 heteroatoms. The molecule has 0 spiro atoms. The van der Waals surface area contributed by atoms with E-state index in [9.17, 15) is 4.79 Å². The number of carbonyl (C=O) groups is 1. The molecule has 22 heavy (non-hydrogen) atoms. The first-order valence-corrected chi connectivity index (χ1v) is 7.72. The summed E-state index contributed by atoms with van der Waals surface area (Å²) in [5.41, 5.74) is 4.15. The summed E-state index contributed by atoms with van der Waals surface area (Å²) in [4.78, 5) is 16.9. The number of carbonyl (C=O) groups excluding carboxylic acids is 1. The third kappa shape index (κ3) is 2.73. The van der Waals surface area contributed by atoms with Gasteiger partial charge in [0, 0.05) is 37.4 Å². The Balaban J connectivity index is 1.68. The van der Waals surface area contributed by atoms with Crippen molar-refractivity contribution < 1.29 is 9.21 Å². The van der Waals surface area contributed by atoms with Crippen molar-refractivity contribution in [3.8, 4) is 0 Å². The second-order valence-electron chi connectivity index (χ2n) is 5.97. The van der Waals surface area contributed by atoms with E-state index in [0.29, 0.717) is 5.76 Å². The predicted octanol–water partition coefficient (Wildman–Crippen LogP) is 3.17. The van der Waals surface area contributed by atoms with Crippen LogP contribution >= 0.6 is 0 Å². The van der Waals surface area contributed by atoms with Crippen LogP contribution in [0.3, 0.4) is 0 Å². The minimum Gasteiger partial charge on any atom is -0.469 e. The maximum absolute atomic E-state index is 12.6. The van der Waals surface area contributed by atoms with Crippen LogP contribution in [0, 0.1) is 20.8 Å². The van der Waals surface area contributed by atoms with Crippen molar-refractivity contribution in [2.75, 3.05) is 31.1 Å². The highest BCUT2D eigenvalue weighted by Gasteiger charge is 2.25. The van der Waals surface area contributed by atoms with Gasteiger partial charge in [-0.1, -0.05) is 12.1 Å². The van der Waals surface area contributed by atoms with Crippen molar-refractivity contribution in [2.24, 2.45) is 0 Å². The van der Waals surface area contributed by atoms with Crippen LogP contribution in [0.2, 0.25) is 0 Å². The Kier molecular flexibility index (Phi) is 3.92. The number of rotatable bonds is 2. The molecule has 2 aromatic rings. The molecule has 1 amide bonds. The van der Waals surface area contributed by atoms with Crippen molar-refractivity contribution >= 4 is 11.6 Å². The lowest BCUT2D eigenvalue weighted by atomic mass is 10.1. The predicted molar refractivity (Wildman–Crippen MR) is 87.5 cm³/mol. The second-order valence-corrected chi connectivity index (χ2v) is 5.97. The number of furan rings is 1. The van der Waals surface area contributed by atoms with E-state index < -0.39 is 0 Å². The number of hydrogen-bond donors (Lipinski definition) is 0. The number of benzene rings is 1. The first-order chi connectivity index (χ1) is 10.6. The Morgan fingerprint density at radius 3 is 2.41 bits per heavy atom. The maximum Gasteiger partial charge on any atom is 0.257 e. The van der Waals surface area contributed by atoms with Crippen LogP contribution in [0.15, 0.2) is 34.9 Å². The summed E-state index contributed by atoms with van der Waals surface area (Å²) in [6.07, 6.45) is 1.66. The quantitative estimate of drug-likeness (QED) is 0.854. The summed E-state index contributed by atoms with van der Waals surface area (Å²) in [6, 6.07) is 8.52. The Labute approximate surface area is 131 Å². The van der Waals surface area contributed by atoms with Crippen LogP contribution in [0.1, 0.15) is 27.2 Å². The van der Waals surface area contributed by atoms with E-state index in [1.807, 2.05) is 18.7 Å². The van der Waals surface area contributed by atoms with Gasteiger partial charge in [0.05, 0.1) is 11.8 Å². The number of hydrogen-bond acceptors (Lipinski definition) is 3. The zero-order valence-electron chi connectivity index (χ0n) is 13.4. The molecule has 0 aliphatic carbocycles. The van der Waals surface area contributed by atoms with Gasteiger partial charge >= 0.3 is 0 Å². The number of piperazine rings is 1. The van der Waals surface area contributed by atoms with Gasteiger partial charge in [-0.3, -0.25) is 4.79 Å². The number of nitrogens with zero attached hydrogens (tertiary/aromatic N) is 2. The van der Waals surface area contributed by atoms with E-state index >= 15 is 0 Å². The largest absolute Gasteiger partial charge is 0.469 e. The molecule has 0 N–H and O–H groups in total. The third-order valence-corrected chi connectivity index (χ3v) is 4.31. The van der Waals surface area contributed by atoms with Gasteiger partial charge in [-0.05, 0) is 38.5 Å². The number of anilines is 1. The highest BCUT2D eigenvalue weighted by atomic mass is 16.3. The normalized spacial score (nSPS) is 15.2. The van der Waals surface area contributed by atoms with E-state index in [1.54, 1.807) is 6.26 Å². The van der Waals surface area contributed by atoms with Crippen LogP contribution in [-0.2, 0) is 0 Å². The third-order valence-electron chi connectivity index (χ3n) is 4.31. The van der Waals surface area contributed by atoms with Crippen LogP contribution < -0.4 is 4.90 Å². The summed E-state index contributed by atoms with van der Waals surface area (Å²) in [7, 11) is 0. The molecule has 116 valence electrons. The van der Waals surface area contributed by atoms with E-state index in [2.05, 4.69) is 36.1 Å². The zero-order valence-corrected chi connectivity index (χ0v) is 13.4. The summed E-state index contributed by atoms with van der Waals surface area (Å²) in [6.45, 7) is 9.10. The lowest BCUT2D eigenvalue weighted by Gasteiger charge is -2.36. The molecule has 1 aromatic heterocycles. The van der Waals surface area contributed by atoms with Gasteiger partial charge in [-0.15, -0.1) is 0 Å². The first kappa shape index (κ1) is 14.7. The van der Waals surface area contributed by atoms with Gasteiger partial charge in [0.2, 0.25) is 0 Å². The average molecular weight is 298 g/mol. The topological polar surface area (TPSA) is 36.7 Å². The van der Waals surface area contributed by atoms with Crippen molar-refractivity contribution in [3.63, 3.8) is 0 Å². The fraction of sp³-hybridized carbons (Fsp3) is 0.389. The van der Waals surface area contributed by atoms with Gasteiger partial charge in [0.1, 0.15) is 5.76 Å². The standard InChI is InChI=1S/C18H22N2O2/c1-13-5-4-6-16(11-13)19-7-9-20(10-8-19)18(21)17-14(2)12-22-15(17)3/h4-6,11-12H,7-10H2,1-3H3. The summed E-state index contributed by atoms with van der Waals surface area (Å²) in [5, 5.41) is 0. The summed E-state index contributed by atoms with van der Waals surface area (Å²) >= 11 is 0. The van der Waals surface area contributed by atoms with Crippen molar-refractivity contribution in [1.29, 1.82) is 0 Å². The van der Waals surface area contributed by atoms with E-state index in [-0.39, 0.29) is 5.91 Å². The summed E-state index contributed by atoms with van der Waals surface area (Å²) < 4.78 is 5.35. The second kappa shape index (κ2) is 5.87. The van der Waals surface area contributed by atoms with Crippen molar-refractivity contribution in [1.82, 2.24) is 4.90 Å². The smallest absolute Gasteiger partial charge is 0.257 e. The van der Waals surface area contributed by atoms with Gasteiger partial charge in [-0.2, -0.15) is 0 Å². The molecule has 1 aliphatic heterocycles. The van der Waals surface area contributed by atoms with Gasteiger partial charge in [-0.25, -0.2) is 0 Å². The minimum absolute atomic E-state index is 0.0904. The highest BCUT2D eigenvalue weighted by molar-refractivity contribution is 5.96. The zero-order chi connectivity index (χ0) is 15.7. The lowest BCUT2D eigenvalue weighted by molar-refractivity contribution is 0.0744. The molecule has 1 fully saturated rings. The molecule has 0 atom stereocenters. The molecule has 0 radical (unpaired) electrons. The molecule has 4 nitrogen and oxygen atoms in total. The van der Waals surface area contributed by atoms with Crippen molar-refractivity contribution in [2.45, 2.75) is 20.8 Å². The fourth-order valence-electron chi connectivity index (χ4n) is 3.04. The molecule has 0 unspecified atom stereocenters. The van der Waals surface area contributed by atoms with E-state index in [4.69, 9.17) is 4.42 Å². The minimum atomic E-state index is 0.0904. The SMILES string of the molecule is Cc1cccc(N2CCN(C(=O)c3c(C)coc3C)CC2)c1. The Morgan fingerprint density at radius 1 is 1.09 bits per heavy atom. The van der Waals surface area contributed by atoms with Crippen molar-refractivity contribution in [3.05, 3.63) is 53.0 Å². The van der Waals surface area contributed by atoms with Crippen LogP contribution in [0.5, 0.6) is 0 Å². The Hall–Kier alpha value is -2.23. The lowest BCUT2D eigenvalue weighted by Crippen LogP contribution is -2.49. The van der Waals surface area contributed by atoms with Crippen LogP contribution in [0.25, 0.3) is 0 Å². The maximum atomic E-state index is 12.6. The molecular weight excluding hydrogens is 276 g/mol. The summed E-state index contributed by atoms with van der Waals surface area (Å²) in [5.74, 6) is 0.802. The first-order valence-electron chi connectivity index (χ1n) is 7.72. The average Bonchev–Trinajstić information content (AvgIpc) is 2.86. The molecule has 1 saturated heterocycles. The van der Waals surface area contributed by atoms with Crippen LogP contribution in [-0.4, -0.2) is 37.0 Å². The Bertz CT molecular complexity index is 663. The molecule has 0 bridgehead atoms. The molecule has 1 aromatic carbocycles. The van der Waals surface area contributed by atoms with E-state index in [0.717, 1.165) is 37.3 Å². The molecule has 3 rings (SSSR count). The molecule has 0 saturated carbocycles. The van der Waals surface area contributed by atoms with Gasteiger partial charge in [0.15, 0.2) is 0 Å². The van der Waals surface area contributed by atoms with Gasteiger partial charge < -0.3 is 14.2 Å². The Morgan fingerprint density at radius 2 is 1.82 bits per heavy atom. The van der Waals surface area contributed by atoms with Gasteiger partial charge in [0.25, 0.3) is 5.91 Å². The number of amides is 1. The monoisotopic (exact) mass is 298 g/mol. The number of aryl methyl sites for hydroxylation is 3. The molecular formula is C18H22N2O2. The molecule has 2 heterocycles. The highest BCUT2D eigenvalue weighted by Crippen LogP contribution is 2.21.